The third-order valence-corrected chi connectivity index (χ3v) is 5.36. The molecule has 0 bridgehead atoms. The molecule has 0 radical (unpaired) electrons. The van der Waals surface area contributed by atoms with Crippen LogP contribution in [0.5, 0.6) is 5.75 Å². The lowest BCUT2D eigenvalue weighted by atomic mass is 10.1. The van der Waals surface area contributed by atoms with E-state index in [0.717, 1.165) is 11.3 Å². The van der Waals surface area contributed by atoms with Crippen molar-refractivity contribution in [2.75, 3.05) is 7.11 Å². The van der Waals surface area contributed by atoms with Crippen molar-refractivity contribution in [2.24, 2.45) is 5.16 Å². The average Bonchev–Trinajstić information content (AvgIpc) is 3.06. The smallest absolute Gasteiger partial charge is 0.237 e. The number of rotatable bonds is 4. The molecule has 0 aromatic heterocycles. The minimum absolute atomic E-state index is 0.226. The van der Waals surface area contributed by atoms with E-state index >= 15 is 0 Å². The summed E-state index contributed by atoms with van der Waals surface area (Å²) in [6, 6.07) is 15.5. The SMILES string of the molecule is COc1ccc(C2=NO[C@H](S(=O)(=O)c3ccccc3)C2)cc1. The van der Waals surface area contributed by atoms with Crippen molar-refractivity contribution in [1.29, 1.82) is 0 Å². The zero-order valence-electron chi connectivity index (χ0n) is 12.0. The molecular weight excluding hydrogens is 302 g/mol. The van der Waals surface area contributed by atoms with E-state index in [1.165, 1.54) is 0 Å². The number of benzene rings is 2. The van der Waals surface area contributed by atoms with Gasteiger partial charge in [-0.15, -0.1) is 0 Å². The third-order valence-electron chi connectivity index (χ3n) is 3.48. The van der Waals surface area contributed by atoms with E-state index in [4.69, 9.17) is 9.57 Å². The lowest BCUT2D eigenvalue weighted by Crippen LogP contribution is -2.21. The van der Waals surface area contributed by atoms with Crippen LogP contribution in [-0.4, -0.2) is 26.7 Å². The molecule has 22 heavy (non-hydrogen) atoms. The van der Waals surface area contributed by atoms with Crippen molar-refractivity contribution >= 4 is 15.5 Å². The maximum atomic E-state index is 12.5. The fourth-order valence-electron chi connectivity index (χ4n) is 2.24. The molecule has 2 aromatic rings. The lowest BCUT2D eigenvalue weighted by molar-refractivity contribution is 0.140. The Balaban J connectivity index is 1.79. The van der Waals surface area contributed by atoms with Crippen molar-refractivity contribution in [3.05, 3.63) is 60.2 Å². The molecule has 0 amide bonds. The van der Waals surface area contributed by atoms with E-state index in [1.54, 1.807) is 49.6 Å². The van der Waals surface area contributed by atoms with Crippen molar-refractivity contribution in [3.63, 3.8) is 0 Å². The number of nitrogens with zero attached hydrogens (tertiary/aromatic N) is 1. The Morgan fingerprint density at radius 2 is 1.77 bits per heavy atom. The quantitative estimate of drug-likeness (QED) is 0.869. The third kappa shape index (κ3) is 2.69. The molecule has 1 aliphatic rings. The molecule has 5 nitrogen and oxygen atoms in total. The number of hydrogen-bond donors (Lipinski definition) is 0. The molecule has 0 saturated heterocycles. The van der Waals surface area contributed by atoms with Crippen molar-refractivity contribution < 1.29 is 18.0 Å². The van der Waals surface area contributed by atoms with Gasteiger partial charge >= 0.3 is 0 Å². The minimum Gasteiger partial charge on any atom is -0.497 e. The van der Waals surface area contributed by atoms with Crippen molar-refractivity contribution in [2.45, 2.75) is 16.8 Å². The number of oxime groups is 1. The van der Waals surface area contributed by atoms with Gasteiger partial charge in [0, 0.05) is 6.42 Å². The zero-order valence-corrected chi connectivity index (χ0v) is 12.8. The first-order valence-corrected chi connectivity index (χ1v) is 8.32. The van der Waals surface area contributed by atoms with Gasteiger partial charge in [-0.3, -0.25) is 0 Å². The Morgan fingerprint density at radius 3 is 2.41 bits per heavy atom. The topological polar surface area (TPSA) is 65.0 Å². The molecule has 0 fully saturated rings. The first-order valence-electron chi connectivity index (χ1n) is 6.77. The summed E-state index contributed by atoms with van der Waals surface area (Å²) in [6.45, 7) is 0. The van der Waals surface area contributed by atoms with Crippen LogP contribution in [0.4, 0.5) is 0 Å². The largest absolute Gasteiger partial charge is 0.497 e. The molecule has 0 saturated carbocycles. The van der Waals surface area contributed by atoms with Gasteiger partial charge in [0.05, 0.1) is 17.7 Å². The molecule has 6 heteroatoms. The Bertz CT molecular complexity index is 783. The fourth-order valence-corrected chi connectivity index (χ4v) is 3.61. The molecule has 0 aliphatic carbocycles. The van der Waals surface area contributed by atoms with Crippen LogP contribution in [0.15, 0.2) is 64.6 Å². The van der Waals surface area contributed by atoms with Crippen molar-refractivity contribution in [1.82, 2.24) is 0 Å². The van der Waals surface area contributed by atoms with Crippen LogP contribution in [0, 0.1) is 0 Å². The van der Waals surface area contributed by atoms with Gasteiger partial charge < -0.3 is 9.57 Å². The van der Waals surface area contributed by atoms with Gasteiger partial charge in [0.15, 0.2) is 0 Å². The average molecular weight is 317 g/mol. The highest BCUT2D eigenvalue weighted by Gasteiger charge is 2.35. The number of methoxy groups -OCH3 is 1. The highest BCUT2D eigenvalue weighted by Crippen LogP contribution is 2.26. The number of sulfone groups is 1. The van der Waals surface area contributed by atoms with E-state index in [9.17, 15) is 8.42 Å². The van der Waals surface area contributed by atoms with Crippen LogP contribution in [0.1, 0.15) is 12.0 Å². The molecule has 2 aromatic carbocycles. The van der Waals surface area contributed by atoms with Gasteiger partial charge in [-0.05, 0) is 42.0 Å². The van der Waals surface area contributed by atoms with Gasteiger partial charge in [-0.2, -0.15) is 0 Å². The maximum Gasteiger partial charge on any atom is 0.237 e. The summed E-state index contributed by atoms with van der Waals surface area (Å²) in [4.78, 5) is 5.41. The summed E-state index contributed by atoms with van der Waals surface area (Å²) in [6.07, 6.45) is 0.226. The second kappa shape index (κ2) is 5.81. The molecule has 1 aliphatic heterocycles. The predicted octanol–water partition coefficient (Wildman–Crippen LogP) is 2.62. The Morgan fingerprint density at radius 1 is 1.09 bits per heavy atom. The monoisotopic (exact) mass is 317 g/mol. The van der Waals surface area contributed by atoms with E-state index < -0.39 is 15.3 Å². The Kier molecular flexibility index (Phi) is 3.85. The second-order valence-corrected chi connectivity index (χ2v) is 6.95. The van der Waals surface area contributed by atoms with Crippen LogP contribution in [0.25, 0.3) is 0 Å². The van der Waals surface area contributed by atoms with Crippen molar-refractivity contribution in [3.8, 4) is 5.75 Å². The second-order valence-electron chi connectivity index (χ2n) is 4.86. The van der Waals surface area contributed by atoms with E-state index in [-0.39, 0.29) is 11.3 Å². The highest BCUT2D eigenvalue weighted by atomic mass is 32.2. The standard InChI is InChI=1S/C16H15NO4S/c1-20-13-9-7-12(8-10-13)15-11-16(21-17-15)22(18,19)14-5-3-2-4-6-14/h2-10,16H,11H2,1H3/t16-/m1/s1. The fraction of sp³-hybridized carbons (Fsp3) is 0.188. The molecule has 0 spiro atoms. The normalized spacial score (nSPS) is 17.7. The Labute approximate surface area is 129 Å². The van der Waals surface area contributed by atoms with Gasteiger partial charge in [0.2, 0.25) is 15.3 Å². The molecule has 114 valence electrons. The van der Waals surface area contributed by atoms with Crippen LogP contribution < -0.4 is 4.74 Å². The summed E-state index contributed by atoms with van der Waals surface area (Å²) in [5.74, 6) is 0.733. The zero-order chi connectivity index (χ0) is 15.6. The summed E-state index contributed by atoms with van der Waals surface area (Å²) in [5, 5.41) is 3.93. The van der Waals surface area contributed by atoms with Crippen LogP contribution in [0.2, 0.25) is 0 Å². The van der Waals surface area contributed by atoms with E-state index in [1.807, 2.05) is 12.1 Å². The first kappa shape index (κ1) is 14.6. The summed E-state index contributed by atoms with van der Waals surface area (Å²) < 4.78 is 30.1. The van der Waals surface area contributed by atoms with Crippen LogP contribution in [-0.2, 0) is 14.7 Å². The molecule has 3 rings (SSSR count). The molecule has 1 heterocycles. The van der Waals surface area contributed by atoms with E-state index in [2.05, 4.69) is 5.16 Å². The van der Waals surface area contributed by atoms with Crippen LogP contribution in [0.3, 0.4) is 0 Å². The van der Waals surface area contributed by atoms with Gasteiger partial charge in [-0.1, -0.05) is 23.4 Å². The lowest BCUT2D eigenvalue weighted by Gasteiger charge is -2.09. The summed E-state index contributed by atoms with van der Waals surface area (Å²) in [7, 11) is -1.96. The highest BCUT2D eigenvalue weighted by molar-refractivity contribution is 7.92. The number of ether oxygens (including phenoxy) is 1. The molecule has 0 unspecified atom stereocenters. The van der Waals surface area contributed by atoms with Crippen LogP contribution >= 0.6 is 0 Å². The molecular formula is C16H15NO4S. The van der Waals surface area contributed by atoms with Gasteiger partial charge in [0.25, 0.3) is 0 Å². The summed E-state index contributed by atoms with van der Waals surface area (Å²) >= 11 is 0. The van der Waals surface area contributed by atoms with Gasteiger partial charge in [0.1, 0.15) is 5.75 Å². The summed E-state index contributed by atoms with van der Waals surface area (Å²) in [5.41, 5.74) is 0.464. The maximum absolute atomic E-state index is 12.5. The predicted molar refractivity (Wildman–Crippen MR) is 82.6 cm³/mol. The Hall–Kier alpha value is -2.34. The first-order chi connectivity index (χ1) is 10.6. The van der Waals surface area contributed by atoms with Gasteiger partial charge in [-0.25, -0.2) is 8.42 Å². The number of hydrogen-bond acceptors (Lipinski definition) is 5. The van der Waals surface area contributed by atoms with E-state index in [0.29, 0.717) is 5.71 Å². The minimum atomic E-state index is -3.55. The molecule has 1 atom stereocenters. The molecule has 0 N–H and O–H groups in total.